The molecule has 0 fully saturated rings. The fourth-order valence-corrected chi connectivity index (χ4v) is 2.71. The first kappa shape index (κ1) is 17.5. The molecule has 0 heterocycles. The Morgan fingerprint density at radius 1 is 1.10 bits per heavy atom. The number of nitrogens with one attached hydrogen (secondary N) is 1. The molecule has 20 heavy (non-hydrogen) atoms. The second-order valence-electron chi connectivity index (χ2n) is 6.15. The Balaban J connectivity index is 2.53. The first-order valence-corrected chi connectivity index (χ1v) is 8.47. The van der Waals surface area contributed by atoms with Crippen molar-refractivity contribution in [1.82, 2.24) is 5.32 Å². The van der Waals surface area contributed by atoms with Gasteiger partial charge in [-0.1, -0.05) is 70.2 Å². The molecule has 0 spiro atoms. The van der Waals surface area contributed by atoms with Crippen LogP contribution in [0.3, 0.4) is 0 Å². The normalized spacial score (nSPS) is 12.8. The first-order valence-electron chi connectivity index (χ1n) is 8.09. The van der Waals surface area contributed by atoms with Gasteiger partial charge in [-0.25, -0.2) is 0 Å². The second-order valence-corrected chi connectivity index (χ2v) is 6.59. The average molecular weight is 296 g/mol. The van der Waals surface area contributed by atoms with E-state index in [0.29, 0.717) is 11.8 Å². The van der Waals surface area contributed by atoms with Gasteiger partial charge < -0.3 is 5.32 Å². The molecule has 2 heteroatoms. The standard InChI is InChI=1S/C18H30ClN/c1-4-5-6-7-9-17(14-20-13-15(2)3)16-10-8-11-18(19)12-16/h8,10-12,15,17,20H,4-7,9,13-14H2,1-3H3. The third-order valence-electron chi connectivity index (χ3n) is 3.67. The van der Waals surface area contributed by atoms with E-state index in [4.69, 9.17) is 11.6 Å². The zero-order chi connectivity index (χ0) is 14.8. The van der Waals surface area contributed by atoms with Crippen LogP contribution in [0.1, 0.15) is 64.4 Å². The fourth-order valence-electron chi connectivity index (χ4n) is 2.51. The van der Waals surface area contributed by atoms with Gasteiger partial charge in [0.2, 0.25) is 0 Å². The van der Waals surface area contributed by atoms with E-state index in [1.54, 1.807) is 0 Å². The molecular weight excluding hydrogens is 266 g/mol. The molecule has 1 aromatic rings. The predicted octanol–water partition coefficient (Wildman–Crippen LogP) is 5.64. The van der Waals surface area contributed by atoms with Crippen LogP contribution in [-0.4, -0.2) is 13.1 Å². The van der Waals surface area contributed by atoms with Gasteiger partial charge in [-0.3, -0.25) is 0 Å². The summed E-state index contributed by atoms with van der Waals surface area (Å²) in [6.45, 7) is 8.92. The minimum absolute atomic E-state index is 0.587. The van der Waals surface area contributed by atoms with Crippen LogP contribution >= 0.6 is 11.6 Å². The summed E-state index contributed by atoms with van der Waals surface area (Å²) in [5.74, 6) is 1.29. The van der Waals surface area contributed by atoms with Crippen LogP contribution in [0.25, 0.3) is 0 Å². The summed E-state index contributed by atoms with van der Waals surface area (Å²) >= 11 is 6.14. The quantitative estimate of drug-likeness (QED) is 0.551. The molecule has 0 saturated heterocycles. The van der Waals surface area contributed by atoms with Crippen molar-refractivity contribution in [1.29, 1.82) is 0 Å². The Morgan fingerprint density at radius 3 is 2.55 bits per heavy atom. The molecular formula is C18H30ClN. The van der Waals surface area contributed by atoms with E-state index in [9.17, 15) is 0 Å². The summed E-state index contributed by atoms with van der Waals surface area (Å²) in [7, 11) is 0. The number of unbranched alkanes of at least 4 members (excludes halogenated alkanes) is 3. The third-order valence-corrected chi connectivity index (χ3v) is 3.90. The molecule has 0 aromatic heterocycles. The highest BCUT2D eigenvalue weighted by Crippen LogP contribution is 2.24. The van der Waals surface area contributed by atoms with Crippen LogP contribution in [0.4, 0.5) is 0 Å². The highest BCUT2D eigenvalue weighted by molar-refractivity contribution is 6.30. The third kappa shape index (κ3) is 7.31. The van der Waals surface area contributed by atoms with E-state index in [1.165, 1.54) is 37.7 Å². The highest BCUT2D eigenvalue weighted by atomic mass is 35.5. The minimum Gasteiger partial charge on any atom is -0.316 e. The summed E-state index contributed by atoms with van der Waals surface area (Å²) in [4.78, 5) is 0. The Morgan fingerprint density at radius 2 is 1.90 bits per heavy atom. The number of rotatable bonds is 10. The molecule has 0 radical (unpaired) electrons. The van der Waals surface area contributed by atoms with Crippen LogP contribution in [0.2, 0.25) is 5.02 Å². The van der Waals surface area contributed by atoms with Crippen molar-refractivity contribution in [2.75, 3.05) is 13.1 Å². The maximum absolute atomic E-state index is 6.14. The second kappa shape index (κ2) is 10.2. The lowest BCUT2D eigenvalue weighted by Gasteiger charge is -2.19. The largest absolute Gasteiger partial charge is 0.316 e. The van der Waals surface area contributed by atoms with Crippen molar-refractivity contribution in [3.63, 3.8) is 0 Å². The molecule has 0 aliphatic heterocycles. The van der Waals surface area contributed by atoms with Gasteiger partial charge in [0.1, 0.15) is 0 Å². The van der Waals surface area contributed by atoms with Crippen molar-refractivity contribution in [2.45, 2.75) is 58.8 Å². The minimum atomic E-state index is 0.587. The molecule has 1 unspecified atom stereocenters. The summed E-state index contributed by atoms with van der Waals surface area (Å²) in [6, 6.07) is 8.37. The lowest BCUT2D eigenvalue weighted by molar-refractivity contribution is 0.483. The van der Waals surface area contributed by atoms with Crippen LogP contribution < -0.4 is 5.32 Å². The van der Waals surface area contributed by atoms with Crippen molar-refractivity contribution >= 4 is 11.6 Å². The van der Waals surface area contributed by atoms with E-state index in [0.717, 1.165) is 18.1 Å². The smallest absolute Gasteiger partial charge is 0.0408 e. The number of hydrogen-bond donors (Lipinski definition) is 1. The summed E-state index contributed by atoms with van der Waals surface area (Å²) in [6.07, 6.45) is 6.56. The van der Waals surface area contributed by atoms with Crippen LogP contribution in [0.5, 0.6) is 0 Å². The van der Waals surface area contributed by atoms with Gasteiger partial charge in [0.15, 0.2) is 0 Å². The predicted molar refractivity (Wildman–Crippen MR) is 90.7 cm³/mol. The number of benzene rings is 1. The van der Waals surface area contributed by atoms with Crippen LogP contribution in [-0.2, 0) is 0 Å². The zero-order valence-corrected chi connectivity index (χ0v) is 14.0. The Labute approximate surface area is 130 Å². The maximum Gasteiger partial charge on any atom is 0.0408 e. The molecule has 114 valence electrons. The monoisotopic (exact) mass is 295 g/mol. The summed E-state index contributed by atoms with van der Waals surface area (Å²) in [5.41, 5.74) is 1.38. The van der Waals surface area contributed by atoms with Gasteiger partial charge in [0.05, 0.1) is 0 Å². The maximum atomic E-state index is 6.14. The van der Waals surface area contributed by atoms with Gasteiger partial charge in [-0.15, -0.1) is 0 Å². The van der Waals surface area contributed by atoms with E-state index >= 15 is 0 Å². The zero-order valence-electron chi connectivity index (χ0n) is 13.3. The lowest BCUT2D eigenvalue weighted by Crippen LogP contribution is -2.25. The van der Waals surface area contributed by atoms with Crippen LogP contribution in [0.15, 0.2) is 24.3 Å². The number of hydrogen-bond acceptors (Lipinski definition) is 1. The van der Waals surface area contributed by atoms with E-state index in [1.807, 2.05) is 6.07 Å². The molecule has 1 aromatic carbocycles. The summed E-state index contributed by atoms with van der Waals surface area (Å²) < 4.78 is 0. The topological polar surface area (TPSA) is 12.0 Å². The molecule has 1 rings (SSSR count). The van der Waals surface area contributed by atoms with Gasteiger partial charge >= 0.3 is 0 Å². The van der Waals surface area contributed by atoms with E-state index in [-0.39, 0.29) is 0 Å². The highest BCUT2D eigenvalue weighted by Gasteiger charge is 2.11. The SMILES string of the molecule is CCCCCCC(CNCC(C)C)c1cccc(Cl)c1. The van der Waals surface area contributed by atoms with Crippen molar-refractivity contribution < 1.29 is 0 Å². The molecule has 0 amide bonds. The van der Waals surface area contributed by atoms with Gasteiger partial charge in [-0.2, -0.15) is 0 Å². The number of halogens is 1. The molecule has 1 nitrogen and oxygen atoms in total. The Bertz CT molecular complexity index is 362. The van der Waals surface area contributed by atoms with E-state index < -0.39 is 0 Å². The fraction of sp³-hybridized carbons (Fsp3) is 0.667. The molecule has 0 saturated carbocycles. The molecule has 0 bridgehead atoms. The van der Waals surface area contributed by atoms with Crippen molar-refractivity contribution in [2.24, 2.45) is 5.92 Å². The van der Waals surface area contributed by atoms with Gasteiger partial charge in [-0.05, 0) is 42.5 Å². The van der Waals surface area contributed by atoms with Gasteiger partial charge in [0, 0.05) is 11.6 Å². The van der Waals surface area contributed by atoms with Gasteiger partial charge in [0.25, 0.3) is 0 Å². The Kier molecular flexibility index (Phi) is 8.97. The lowest BCUT2D eigenvalue weighted by atomic mass is 9.92. The summed E-state index contributed by atoms with van der Waals surface area (Å²) in [5, 5.41) is 4.45. The van der Waals surface area contributed by atoms with Crippen molar-refractivity contribution in [3.05, 3.63) is 34.9 Å². The molecule has 0 aliphatic rings. The molecule has 0 aliphatic carbocycles. The van der Waals surface area contributed by atoms with E-state index in [2.05, 4.69) is 44.3 Å². The Hall–Kier alpha value is -0.530. The first-order chi connectivity index (χ1) is 9.63. The van der Waals surface area contributed by atoms with Crippen molar-refractivity contribution in [3.8, 4) is 0 Å². The van der Waals surface area contributed by atoms with Crippen LogP contribution in [0, 0.1) is 5.92 Å². The average Bonchev–Trinajstić information content (AvgIpc) is 2.41. The molecule has 1 N–H and O–H groups in total. The molecule has 1 atom stereocenters.